The number of amides is 2. The molecule has 12 heteroatoms. The van der Waals surface area contributed by atoms with E-state index in [-0.39, 0.29) is 40.7 Å². The Bertz CT molecular complexity index is 1190. The number of thiophene rings is 1. The summed E-state index contributed by atoms with van der Waals surface area (Å²) in [7, 11) is 0. The molecule has 2 amide bonds. The van der Waals surface area contributed by atoms with Gasteiger partial charge in [-0.1, -0.05) is 35.5 Å². The fourth-order valence-electron chi connectivity index (χ4n) is 3.75. The highest BCUT2D eigenvalue weighted by atomic mass is 32.1. The van der Waals surface area contributed by atoms with Crippen LogP contribution < -0.4 is 5.32 Å². The van der Waals surface area contributed by atoms with Crippen molar-refractivity contribution in [2.24, 2.45) is 0 Å². The van der Waals surface area contributed by atoms with E-state index in [0.717, 1.165) is 16.9 Å². The predicted octanol–water partition coefficient (Wildman–Crippen LogP) is 3.75. The number of carbonyl (C=O) groups excluding carboxylic acids is 2. The molecular weight excluding hydrogens is 485 g/mol. The molecule has 4 rings (SSSR count). The van der Waals surface area contributed by atoms with Gasteiger partial charge in [0.05, 0.1) is 34.4 Å². The minimum absolute atomic E-state index is 0.0674. The number of hydrogen-bond acceptors (Lipinski definition) is 7. The van der Waals surface area contributed by atoms with E-state index in [2.05, 4.69) is 20.0 Å². The van der Waals surface area contributed by atoms with Gasteiger partial charge in [-0.05, 0) is 31.5 Å². The van der Waals surface area contributed by atoms with Crippen LogP contribution in [0.25, 0.3) is 10.7 Å². The second kappa shape index (κ2) is 9.78. The number of halogens is 3. The standard InChI is InChI=1S/C23H23F3N4O4S/c1-22(2,14-6-4-3-5-7-14)21(32)30-10-11-33-13-15(30)12-27-19(31)17-9-8-16(35-17)18-28-20(34-29-18)23(24,25)26/h3-9,15H,10-13H2,1-2H3,(H,27,31)/t15-/m0/s1. The lowest BCUT2D eigenvalue weighted by atomic mass is 9.82. The summed E-state index contributed by atoms with van der Waals surface area (Å²) < 4.78 is 47.9. The summed E-state index contributed by atoms with van der Waals surface area (Å²) in [6.07, 6.45) is -4.75. The molecule has 0 spiro atoms. The Kier molecular flexibility index (Phi) is 6.95. The van der Waals surface area contributed by atoms with Crippen molar-refractivity contribution in [1.29, 1.82) is 0 Å². The van der Waals surface area contributed by atoms with Gasteiger partial charge in [-0.2, -0.15) is 18.2 Å². The molecule has 0 saturated carbocycles. The smallest absolute Gasteiger partial charge is 0.377 e. The summed E-state index contributed by atoms with van der Waals surface area (Å²) in [6.45, 7) is 4.97. The number of nitrogens with zero attached hydrogens (tertiary/aromatic N) is 3. The van der Waals surface area contributed by atoms with Crippen molar-refractivity contribution in [3.63, 3.8) is 0 Å². The van der Waals surface area contributed by atoms with Crippen LogP contribution >= 0.6 is 11.3 Å². The van der Waals surface area contributed by atoms with Gasteiger partial charge in [0.25, 0.3) is 5.91 Å². The number of rotatable bonds is 6. The van der Waals surface area contributed by atoms with Crippen LogP contribution in [0, 0.1) is 0 Å². The van der Waals surface area contributed by atoms with E-state index >= 15 is 0 Å². The zero-order valence-corrected chi connectivity index (χ0v) is 19.8. The van der Waals surface area contributed by atoms with Crippen molar-refractivity contribution in [3.8, 4) is 10.7 Å². The molecule has 0 unspecified atom stereocenters. The third kappa shape index (κ3) is 5.38. The average molecular weight is 509 g/mol. The highest BCUT2D eigenvalue weighted by molar-refractivity contribution is 7.17. The molecule has 1 aliphatic rings. The Balaban J connectivity index is 1.41. The number of alkyl halides is 3. The van der Waals surface area contributed by atoms with Crippen LogP contribution in [0.15, 0.2) is 47.0 Å². The third-order valence-corrected chi connectivity index (χ3v) is 6.82. The zero-order valence-electron chi connectivity index (χ0n) is 19.0. The van der Waals surface area contributed by atoms with Crippen LogP contribution in [-0.2, 0) is 21.1 Å². The molecule has 186 valence electrons. The molecule has 2 aromatic heterocycles. The largest absolute Gasteiger partial charge is 0.471 e. The summed E-state index contributed by atoms with van der Waals surface area (Å²) in [5.74, 6) is -2.20. The SMILES string of the molecule is CC(C)(C(=O)N1CCOC[C@@H]1CNC(=O)c1ccc(-c2noc(C(F)(F)F)n2)s1)c1ccccc1. The van der Waals surface area contributed by atoms with Crippen molar-refractivity contribution < 1.29 is 32.0 Å². The Morgan fingerprint density at radius 3 is 2.60 bits per heavy atom. The quantitative estimate of drug-likeness (QED) is 0.545. The van der Waals surface area contributed by atoms with Crippen LogP contribution in [0.2, 0.25) is 0 Å². The van der Waals surface area contributed by atoms with E-state index in [1.165, 1.54) is 12.1 Å². The molecule has 0 bridgehead atoms. The molecule has 1 saturated heterocycles. The molecule has 3 heterocycles. The van der Waals surface area contributed by atoms with E-state index in [9.17, 15) is 22.8 Å². The predicted molar refractivity (Wildman–Crippen MR) is 121 cm³/mol. The molecule has 0 radical (unpaired) electrons. The monoisotopic (exact) mass is 508 g/mol. The van der Waals surface area contributed by atoms with Gasteiger partial charge in [-0.15, -0.1) is 11.3 Å². The number of carbonyl (C=O) groups is 2. The second-order valence-corrected chi connectivity index (χ2v) is 9.60. The number of aromatic nitrogens is 2. The van der Waals surface area contributed by atoms with Crippen molar-refractivity contribution in [2.45, 2.75) is 31.5 Å². The minimum Gasteiger partial charge on any atom is -0.377 e. The molecular formula is C23H23F3N4O4S. The average Bonchev–Trinajstić information content (AvgIpc) is 3.53. The highest BCUT2D eigenvalue weighted by Gasteiger charge is 2.39. The van der Waals surface area contributed by atoms with E-state index < -0.39 is 23.4 Å². The normalized spacial score (nSPS) is 16.8. The van der Waals surface area contributed by atoms with E-state index in [4.69, 9.17) is 4.74 Å². The van der Waals surface area contributed by atoms with Crippen LogP contribution in [0.5, 0.6) is 0 Å². The lowest BCUT2D eigenvalue weighted by molar-refractivity contribution is -0.159. The lowest BCUT2D eigenvalue weighted by Crippen LogP contribution is -2.57. The van der Waals surface area contributed by atoms with Crippen LogP contribution in [0.1, 0.15) is 35.0 Å². The maximum atomic E-state index is 13.4. The molecule has 3 aromatic rings. The maximum Gasteiger partial charge on any atom is 0.471 e. The number of ether oxygens (including phenoxy) is 1. The first kappa shape index (κ1) is 24.9. The number of nitrogens with one attached hydrogen (secondary N) is 1. The fourth-order valence-corrected chi connectivity index (χ4v) is 4.59. The number of benzene rings is 1. The third-order valence-electron chi connectivity index (χ3n) is 5.74. The van der Waals surface area contributed by atoms with Crippen LogP contribution in [-0.4, -0.2) is 59.2 Å². The Morgan fingerprint density at radius 1 is 1.17 bits per heavy atom. The minimum atomic E-state index is -4.75. The Morgan fingerprint density at radius 2 is 1.91 bits per heavy atom. The van der Waals surface area contributed by atoms with Crippen molar-refractivity contribution >= 4 is 23.2 Å². The van der Waals surface area contributed by atoms with Gasteiger partial charge in [0.2, 0.25) is 11.7 Å². The number of hydrogen-bond donors (Lipinski definition) is 1. The van der Waals surface area contributed by atoms with Crippen molar-refractivity contribution in [3.05, 3.63) is 58.8 Å². The van der Waals surface area contributed by atoms with Gasteiger partial charge in [0.1, 0.15) is 0 Å². The van der Waals surface area contributed by atoms with Gasteiger partial charge in [0.15, 0.2) is 0 Å². The van der Waals surface area contributed by atoms with Crippen LogP contribution in [0.3, 0.4) is 0 Å². The summed E-state index contributed by atoms with van der Waals surface area (Å²) in [5.41, 5.74) is 0.129. The van der Waals surface area contributed by atoms with Crippen LogP contribution in [0.4, 0.5) is 13.2 Å². The first-order valence-electron chi connectivity index (χ1n) is 10.8. The fraction of sp³-hybridized carbons (Fsp3) is 0.391. The van der Waals surface area contributed by atoms with Crippen molar-refractivity contribution in [2.75, 3.05) is 26.3 Å². The zero-order chi connectivity index (χ0) is 25.2. The highest BCUT2D eigenvalue weighted by Crippen LogP contribution is 2.32. The second-order valence-electron chi connectivity index (χ2n) is 8.51. The van der Waals surface area contributed by atoms with Gasteiger partial charge in [-0.3, -0.25) is 9.59 Å². The summed E-state index contributed by atoms with van der Waals surface area (Å²) in [5, 5.41) is 6.13. The Hall–Kier alpha value is -3.25. The van der Waals surface area contributed by atoms with Gasteiger partial charge >= 0.3 is 12.1 Å². The first-order valence-corrected chi connectivity index (χ1v) is 11.6. The molecule has 35 heavy (non-hydrogen) atoms. The van der Waals surface area contributed by atoms with Crippen molar-refractivity contribution in [1.82, 2.24) is 20.4 Å². The number of morpholine rings is 1. The molecule has 1 fully saturated rings. The van der Waals surface area contributed by atoms with Gasteiger partial charge in [-0.25, -0.2) is 0 Å². The Labute approximate surface area is 203 Å². The molecule has 0 aliphatic carbocycles. The summed E-state index contributed by atoms with van der Waals surface area (Å²) >= 11 is 0.937. The molecule has 8 nitrogen and oxygen atoms in total. The summed E-state index contributed by atoms with van der Waals surface area (Å²) in [4.78, 5) is 31.7. The maximum absolute atomic E-state index is 13.4. The van der Waals surface area contributed by atoms with E-state index in [1.807, 2.05) is 44.2 Å². The molecule has 1 atom stereocenters. The molecule has 1 aromatic carbocycles. The molecule has 1 N–H and O–H groups in total. The lowest BCUT2D eigenvalue weighted by Gasteiger charge is -2.40. The molecule has 1 aliphatic heterocycles. The van der Waals surface area contributed by atoms with Gasteiger partial charge < -0.3 is 19.5 Å². The topological polar surface area (TPSA) is 97.6 Å². The van der Waals surface area contributed by atoms with E-state index in [0.29, 0.717) is 13.2 Å². The summed E-state index contributed by atoms with van der Waals surface area (Å²) in [6, 6.07) is 12.0. The van der Waals surface area contributed by atoms with Gasteiger partial charge in [0, 0.05) is 13.1 Å². The van der Waals surface area contributed by atoms with E-state index in [1.54, 1.807) is 4.90 Å². The first-order chi connectivity index (χ1) is 16.6.